The van der Waals surface area contributed by atoms with Crippen LogP contribution in [0.4, 0.5) is 0 Å². The van der Waals surface area contributed by atoms with Crippen LogP contribution in [0.2, 0.25) is 0 Å². The molecule has 0 bridgehead atoms. The molecule has 0 aromatic rings. The maximum Gasteiger partial charge on any atom is 0.332 e. The van der Waals surface area contributed by atoms with Crippen LogP contribution in [0.1, 0.15) is 65.2 Å². The Morgan fingerprint density at radius 3 is 2.30 bits per heavy atom. The van der Waals surface area contributed by atoms with E-state index in [0.29, 0.717) is 12.2 Å². The summed E-state index contributed by atoms with van der Waals surface area (Å²) in [6.45, 7) is 3.30. The Balaban J connectivity index is 3.19. The van der Waals surface area contributed by atoms with Gasteiger partial charge in [0.05, 0.1) is 6.61 Å². The highest BCUT2D eigenvalue weighted by Gasteiger charge is 2.49. The van der Waals surface area contributed by atoms with Gasteiger partial charge in [0.25, 0.3) is 0 Å². The van der Waals surface area contributed by atoms with Crippen molar-refractivity contribution >= 4 is 24.5 Å². The summed E-state index contributed by atoms with van der Waals surface area (Å²) in [6, 6.07) is -0.0850. The molecule has 0 heterocycles. The Kier molecular flexibility index (Phi) is 8.40. The van der Waals surface area contributed by atoms with Crippen molar-refractivity contribution in [1.82, 2.24) is 4.90 Å². The third kappa shape index (κ3) is 5.11. The van der Waals surface area contributed by atoms with E-state index in [4.69, 9.17) is 0 Å². The Hall–Kier alpha value is -0.750. The first kappa shape index (κ1) is 20.3. The van der Waals surface area contributed by atoms with Crippen molar-refractivity contribution in [3.63, 3.8) is 0 Å². The van der Waals surface area contributed by atoms with Crippen LogP contribution in [-0.2, 0) is 9.59 Å². The Morgan fingerprint density at radius 1 is 1.26 bits per heavy atom. The lowest BCUT2D eigenvalue weighted by Gasteiger charge is -2.46. The monoisotopic (exact) mass is 345 g/mol. The van der Waals surface area contributed by atoms with E-state index in [2.05, 4.69) is 12.6 Å². The standard InChI is InChI=1S/C17H31NO4S/c1-13(2)11-17(12-19,16(21)22)18(15(20)9-6-10-23)14-7-4-3-5-8-14/h13-14,19,23H,3-12H2,1-2H3,(H,21,22)/t17-/m0/s1. The molecule has 1 aliphatic rings. The van der Waals surface area contributed by atoms with Crippen LogP contribution in [0.25, 0.3) is 0 Å². The van der Waals surface area contributed by atoms with Crippen LogP contribution in [0.3, 0.4) is 0 Å². The quantitative estimate of drug-likeness (QED) is 0.562. The van der Waals surface area contributed by atoms with Crippen LogP contribution >= 0.6 is 12.6 Å². The normalized spacial score (nSPS) is 18.7. The largest absolute Gasteiger partial charge is 0.479 e. The Bertz CT molecular complexity index is 396. The molecule has 0 saturated heterocycles. The lowest BCUT2D eigenvalue weighted by atomic mass is 9.83. The summed E-state index contributed by atoms with van der Waals surface area (Å²) in [6.07, 6.45) is 5.94. The number of carboxylic acids is 1. The molecule has 6 heteroatoms. The smallest absolute Gasteiger partial charge is 0.332 e. The summed E-state index contributed by atoms with van der Waals surface area (Å²) in [5, 5.41) is 19.9. The summed E-state index contributed by atoms with van der Waals surface area (Å²) in [4.78, 5) is 26.4. The van der Waals surface area contributed by atoms with E-state index in [0.717, 1.165) is 32.1 Å². The van der Waals surface area contributed by atoms with Gasteiger partial charge in [-0.25, -0.2) is 4.79 Å². The van der Waals surface area contributed by atoms with E-state index in [1.54, 1.807) is 0 Å². The summed E-state index contributed by atoms with van der Waals surface area (Å²) >= 11 is 4.15. The molecule has 23 heavy (non-hydrogen) atoms. The molecule has 2 N–H and O–H groups in total. The summed E-state index contributed by atoms with van der Waals surface area (Å²) in [5.41, 5.74) is -1.51. The Morgan fingerprint density at radius 2 is 1.87 bits per heavy atom. The summed E-state index contributed by atoms with van der Waals surface area (Å²) in [5.74, 6) is -0.600. The number of carbonyl (C=O) groups excluding carboxylic acids is 1. The van der Waals surface area contributed by atoms with Gasteiger partial charge in [-0.2, -0.15) is 12.6 Å². The maximum atomic E-state index is 12.8. The molecule has 0 aliphatic heterocycles. The number of carbonyl (C=O) groups is 2. The molecule has 134 valence electrons. The lowest BCUT2D eigenvalue weighted by molar-refractivity contribution is -0.169. The van der Waals surface area contributed by atoms with E-state index in [1.807, 2.05) is 13.8 Å². The van der Waals surface area contributed by atoms with E-state index in [9.17, 15) is 19.8 Å². The van der Waals surface area contributed by atoms with Gasteiger partial charge in [-0.15, -0.1) is 0 Å². The van der Waals surface area contributed by atoms with Gasteiger partial charge in [-0.05, 0) is 37.4 Å². The minimum atomic E-state index is -1.51. The lowest BCUT2D eigenvalue weighted by Crippen LogP contribution is -2.63. The molecule has 1 amide bonds. The van der Waals surface area contributed by atoms with Gasteiger partial charge in [0.1, 0.15) is 0 Å². The number of aliphatic hydroxyl groups excluding tert-OH is 1. The number of amides is 1. The summed E-state index contributed by atoms with van der Waals surface area (Å²) in [7, 11) is 0. The SMILES string of the molecule is CC(C)C[C@](CO)(C(=O)O)N(C(=O)CCCS)C1CCCCC1. The molecule has 0 aromatic heterocycles. The van der Waals surface area contributed by atoms with E-state index in [-0.39, 0.29) is 30.7 Å². The van der Waals surface area contributed by atoms with Gasteiger partial charge in [-0.1, -0.05) is 33.1 Å². The third-order valence-corrected chi connectivity index (χ3v) is 4.94. The van der Waals surface area contributed by atoms with E-state index >= 15 is 0 Å². The van der Waals surface area contributed by atoms with Gasteiger partial charge >= 0.3 is 5.97 Å². The van der Waals surface area contributed by atoms with Crippen LogP contribution in [0.5, 0.6) is 0 Å². The topological polar surface area (TPSA) is 77.8 Å². The minimum Gasteiger partial charge on any atom is -0.479 e. The zero-order valence-electron chi connectivity index (χ0n) is 14.3. The molecule has 1 fully saturated rings. The fraction of sp³-hybridized carbons (Fsp3) is 0.882. The van der Waals surface area contributed by atoms with Crippen molar-refractivity contribution in [2.75, 3.05) is 12.4 Å². The number of thiol groups is 1. The fourth-order valence-corrected chi connectivity index (χ4v) is 3.81. The zero-order chi connectivity index (χ0) is 17.5. The molecule has 5 nitrogen and oxygen atoms in total. The van der Waals surface area contributed by atoms with Crippen molar-refractivity contribution in [3.05, 3.63) is 0 Å². The van der Waals surface area contributed by atoms with Crippen LogP contribution in [0, 0.1) is 5.92 Å². The Labute approximate surface area is 144 Å². The van der Waals surface area contributed by atoms with Crippen LogP contribution < -0.4 is 0 Å². The second kappa shape index (κ2) is 9.52. The van der Waals surface area contributed by atoms with Crippen LogP contribution in [0.15, 0.2) is 0 Å². The second-order valence-electron chi connectivity index (χ2n) is 6.98. The molecule has 0 unspecified atom stereocenters. The number of hydrogen-bond donors (Lipinski definition) is 3. The molecule has 0 radical (unpaired) electrons. The average Bonchev–Trinajstić information content (AvgIpc) is 2.52. The molecular formula is C17H31NO4S. The molecule has 1 saturated carbocycles. The maximum absolute atomic E-state index is 12.8. The predicted molar refractivity (Wildman–Crippen MR) is 93.7 cm³/mol. The highest BCUT2D eigenvalue weighted by molar-refractivity contribution is 7.80. The third-order valence-electron chi connectivity index (χ3n) is 4.62. The number of aliphatic carboxylic acids is 1. The number of rotatable bonds is 9. The van der Waals surface area contributed by atoms with Crippen molar-refractivity contribution < 1.29 is 19.8 Å². The number of carboxylic acid groups (broad SMARTS) is 1. The van der Waals surface area contributed by atoms with Gasteiger partial charge in [0.2, 0.25) is 5.91 Å². The zero-order valence-corrected chi connectivity index (χ0v) is 15.2. The first-order chi connectivity index (χ1) is 10.9. The highest BCUT2D eigenvalue weighted by Crippen LogP contribution is 2.33. The molecule has 1 aliphatic carbocycles. The highest BCUT2D eigenvalue weighted by atomic mass is 32.1. The fourth-order valence-electron chi connectivity index (χ4n) is 3.65. The summed E-state index contributed by atoms with van der Waals surface area (Å²) < 4.78 is 0. The molecule has 0 aromatic carbocycles. The van der Waals surface area contributed by atoms with Gasteiger partial charge in [0, 0.05) is 12.5 Å². The predicted octanol–water partition coefficient (Wildman–Crippen LogP) is 2.72. The van der Waals surface area contributed by atoms with Crippen LogP contribution in [-0.4, -0.2) is 50.9 Å². The van der Waals surface area contributed by atoms with Crippen molar-refractivity contribution in [2.24, 2.45) is 5.92 Å². The average molecular weight is 346 g/mol. The molecule has 0 spiro atoms. The number of nitrogens with zero attached hydrogens (tertiary/aromatic N) is 1. The number of aliphatic hydroxyl groups is 1. The minimum absolute atomic E-state index is 0.0713. The number of hydrogen-bond acceptors (Lipinski definition) is 4. The first-order valence-electron chi connectivity index (χ1n) is 8.66. The van der Waals surface area contributed by atoms with Crippen molar-refractivity contribution in [1.29, 1.82) is 0 Å². The van der Waals surface area contributed by atoms with Gasteiger partial charge in [0.15, 0.2) is 5.54 Å². The van der Waals surface area contributed by atoms with Crippen molar-refractivity contribution in [3.8, 4) is 0 Å². The first-order valence-corrected chi connectivity index (χ1v) is 9.29. The van der Waals surface area contributed by atoms with Gasteiger partial charge in [-0.3, -0.25) is 4.79 Å². The van der Waals surface area contributed by atoms with Crippen molar-refractivity contribution in [2.45, 2.75) is 76.8 Å². The second-order valence-corrected chi connectivity index (χ2v) is 7.42. The molecular weight excluding hydrogens is 314 g/mol. The molecule has 1 rings (SSSR count). The van der Waals surface area contributed by atoms with E-state index < -0.39 is 18.1 Å². The van der Waals surface area contributed by atoms with E-state index in [1.165, 1.54) is 4.90 Å². The van der Waals surface area contributed by atoms with Gasteiger partial charge < -0.3 is 15.1 Å². The molecule has 1 atom stereocenters.